The molecule has 0 aliphatic carbocycles. The van der Waals surface area contributed by atoms with Crippen LogP contribution in [-0.4, -0.2) is 54.8 Å². The van der Waals surface area contributed by atoms with Crippen molar-refractivity contribution in [2.45, 2.75) is 27.2 Å². The predicted molar refractivity (Wildman–Crippen MR) is 66.6 cm³/mol. The van der Waals surface area contributed by atoms with Gasteiger partial charge in [-0.1, -0.05) is 6.92 Å². The average molecular weight is 277 g/mol. The summed E-state index contributed by atoms with van der Waals surface area (Å²) in [5.74, 6) is -1.16. The van der Waals surface area contributed by atoms with Crippen LogP contribution in [0, 0.1) is 5.41 Å². The van der Waals surface area contributed by atoms with E-state index in [1.54, 1.807) is 13.8 Å². The van der Waals surface area contributed by atoms with Gasteiger partial charge in [-0.2, -0.15) is 0 Å². The molecule has 0 aliphatic rings. The Kier molecular flexibility index (Phi) is 6.11. The largest absolute Gasteiger partial charge is 0.465 e. The minimum Gasteiger partial charge on any atom is -0.465 e. The van der Waals surface area contributed by atoms with E-state index in [-0.39, 0.29) is 13.2 Å². The Morgan fingerprint density at radius 1 is 1.32 bits per heavy atom. The zero-order valence-electron chi connectivity index (χ0n) is 12.7. The highest BCUT2D eigenvalue weighted by atomic mass is 16.6. The lowest BCUT2D eigenvalue weighted by Gasteiger charge is -2.20. The summed E-state index contributed by atoms with van der Waals surface area (Å²) in [6.45, 7) is 4.84. The molecule has 0 rings (SSSR count). The number of amides is 1. The highest BCUT2D eigenvalue weighted by molar-refractivity contribution is 5.79. The third-order valence-corrected chi connectivity index (χ3v) is 2.76. The molecular formula is C12H21NO6. The van der Waals surface area contributed by atoms with Gasteiger partial charge in [0.15, 0.2) is 6.61 Å². The van der Waals surface area contributed by atoms with Crippen LogP contribution in [0.5, 0.6) is 0 Å². The third-order valence-electron chi connectivity index (χ3n) is 2.76. The zero-order chi connectivity index (χ0) is 15.8. The van der Waals surface area contributed by atoms with E-state index in [1.807, 2.05) is 6.92 Å². The summed E-state index contributed by atoms with van der Waals surface area (Å²) < 4.78 is 16.0. The average Bonchev–Trinajstić information content (AvgIpc) is 2.43. The molecule has 0 unspecified atom stereocenters. The van der Waals surface area contributed by atoms with Gasteiger partial charge in [-0.25, -0.2) is 9.59 Å². The number of rotatable bonds is 7. The van der Waals surface area contributed by atoms with Crippen LogP contribution in [0.25, 0.3) is 1.43 Å². The van der Waals surface area contributed by atoms with Crippen LogP contribution in [0.15, 0.2) is 0 Å². The Morgan fingerprint density at radius 3 is 2.47 bits per heavy atom. The number of carbonyl (C=O) groups is 3. The summed E-state index contributed by atoms with van der Waals surface area (Å²) in [6, 6.07) is 0. The molecule has 7 nitrogen and oxygen atoms in total. The molecule has 19 heavy (non-hydrogen) atoms. The Bertz CT molecular complexity index is 358. The summed E-state index contributed by atoms with van der Waals surface area (Å²) in [5.41, 5.74) is -0.640. The Labute approximate surface area is 114 Å². The molecule has 0 fully saturated rings. The normalized spacial score (nSPS) is 11.3. The summed E-state index contributed by atoms with van der Waals surface area (Å²) in [6.07, 6.45) is -0.252. The number of hydrogen-bond acceptors (Lipinski definition) is 6. The topological polar surface area (TPSA) is 93.1 Å². The van der Waals surface area contributed by atoms with E-state index < -0.39 is 30.1 Å². The van der Waals surface area contributed by atoms with Crippen molar-refractivity contribution in [1.82, 2.24) is 4.90 Å². The first kappa shape index (κ1) is 15.3. The zero-order valence-corrected chi connectivity index (χ0v) is 11.7. The van der Waals surface area contributed by atoms with Crippen molar-refractivity contribution in [1.29, 1.82) is 1.43 Å². The molecule has 0 saturated carbocycles. The standard InChI is InChI=1S/C12H21NO6/c1-5-12(2,3)10(15)19-8-9(14)18-7-6-13(4)11(16)17/h5-8H2,1-4H3,(H,16,17)/i/hT. The van der Waals surface area contributed by atoms with Gasteiger partial charge in [0.05, 0.1) is 12.0 Å². The molecule has 1 N–H and O–H groups in total. The maximum Gasteiger partial charge on any atom is 0.407 e. The third kappa shape index (κ3) is 6.64. The first-order chi connectivity index (χ1) is 9.24. The molecule has 1 amide bonds. The molecule has 0 aromatic carbocycles. The molecule has 0 aromatic rings. The Hall–Kier alpha value is -1.79. The van der Waals surface area contributed by atoms with Gasteiger partial charge in [0.25, 0.3) is 1.43 Å². The van der Waals surface area contributed by atoms with Gasteiger partial charge in [-0.3, -0.25) is 4.79 Å². The van der Waals surface area contributed by atoms with E-state index in [0.717, 1.165) is 4.90 Å². The number of carbonyl (C=O) groups excluding carboxylic acids is 2. The van der Waals surface area contributed by atoms with Crippen molar-refractivity contribution in [2.75, 3.05) is 26.8 Å². The van der Waals surface area contributed by atoms with Crippen LogP contribution >= 0.6 is 0 Å². The van der Waals surface area contributed by atoms with Gasteiger partial charge in [0.1, 0.15) is 6.61 Å². The second-order valence-corrected chi connectivity index (χ2v) is 4.72. The van der Waals surface area contributed by atoms with Crippen molar-refractivity contribution < 1.29 is 29.0 Å². The molecule has 0 bridgehead atoms. The maximum atomic E-state index is 11.6. The molecule has 0 radical (unpaired) electrons. The first-order valence-electron chi connectivity index (χ1n) is 6.36. The lowest BCUT2D eigenvalue weighted by atomic mass is 9.91. The van der Waals surface area contributed by atoms with Crippen molar-refractivity contribution in [3.8, 4) is 0 Å². The molecule has 0 atom stereocenters. The number of ether oxygens (including phenoxy) is 2. The van der Waals surface area contributed by atoms with Crippen molar-refractivity contribution in [3.05, 3.63) is 0 Å². The van der Waals surface area contributed by atoms with Gasteiger partial charge in [0.2, 0.25) is 0 Å². The van der Waals surface area contributed by atoms with Crippen LogP contribution in [0.4, 0.5) is 4.79 Å². The molecule has 7 heteroatoms. The molecule has 110 valence electrons. The lowest BCUT2D eigenvalue weighted by molar-refractivity contribution is -0.164. The minimum atomic E-state index is -0.850. The fourth-order valence-corrected chi connectivity index (χ4v) is 0.894. The fraction of sp³-hybridized carbons (Fsp3) is 0.750. The monoisotopic (exact) mass is 277 g/mol. The molecule has 0 spiro atoms. The highest BCUT2D eigenvalue weighted by Gasteiger charge is 2.27. The van der Waals surface area contributed by atoms with Gasteiger partial charge in [-0.15, -0.1) is 0 Å². The van der Waals surface area contributed by atoms with Crippen LogP contribution in [0.1, 0.15) is 27.2 Å². The first-order valence-corrected chi connectivity index (χ1v) is 5.95. The van der Waals surface area contributed by atoms with E-state index in [1.165, 1.54) is 7.05 Å². The number of likely N-dealkylation sites (N-methyl/N-ethyl adjacent to an activating group) is 1. The summed E-state index contributed by atoms with van der Waals surface area (Å²) >= 11 is 0. The summed E-state index contributed by atoms with van der Waals surface area (Å²) in [5, 5.41) is 3.73. The van der Waals surface area contributed by atoms with Crippen LogP contribution in [0.2, 0.25) is 0 Å². The lowest BCUT2D eigenvalue weighted by Crippen LogP contribution is -2.31. The van der Waals surface area contributed by atoms with E-state index >= 15 is 0 Å². The van der Waals surface area contributed by atoms with E-state index in [9.17, 15) is 14.4 Å². The van der Waals surface area contributed by atoms with Crippen LogP contribution in [0.3, 0.4) is 0 Å². The minimum absolute atomic E-state index is 0.0703. The molecule has 0 aliphatic heterocycles. The Balaban J connectivity index is 3.91. The highest BCUT2D eigenvalue weighted by Crippen LogP contribution is 2.21. The smallest absolute Gasteiger partial charge is 0.407 e. The van der Waals surface area contributed by atoms with E-state index in [4.69, 9.17) is 10.9 Å². The molecule has 0 heterocycles. The second kappa shape index (κ2) is 7.60. The van der Waals surface area contributed by atoms with Gasteiger partial charge < -0.3 is 19.5 Å². The molecular weight excluding hydrogens is 254 g/mol. The van der Waals surface area contributed by atoms with Crippen molar-refractivity contribution in [2.24, 2.45) is 5.41 Å². The van der Waals surface area contributed by atoms with E-state index in [2.05, 4.69) is 5.11 Å². The Morgan fingerprint density at radius 2 is 1.95 bits per heavy atom. The molecule has 0 saturated heterocycles. The summed E-state index contributed by atoms with van der Waals surface area (Å²) in [4.78, 5) is 34.8. The number of carboxylic acid groups (broad SMARTS) is 1. The van der Waals surface area contributed by atoms with Gasteiger partial charge in [0, 0.05) is 7.05 Å². The summed E-state index contributed by atoms with van der Waals surface area (Å²) in [7, 11) is 1.40. The second-order valence-electron chi connectivity index (χ2n) is 4.72. The predicted octanol–water partition coefficient (Wildman–Crippen LogP) is 1.12. The van der Waals surface area contributed by atoms with Crippen molar-refractivity contribution >= 4 is 18.0 Å². The number of hydrogen-bond donors (Lipinski definition) is 1. The number of nitrogens with zero attached hydrogens (tertiary/aromatic N) is 1. The van der Waals surface area contributed by atoms with Gasteiger partial charge in [-0.05, 0) is 20.3 Å². The van der Waals surface area contributed by atoms with Crippen LogP contribution < -0.4 is 0 Å². The quantitative estimate of drug-likeness (QED) is 0.701. The molecule has 0 aromatic heterocycles. The SMILES string of the molecule is [3H]OC(=O)N(C)CCOC(=O)COC(=O)C(C)(C)CC. The van der Waals surface area contributed by atoms with Crippen LogP contribution in [-0.2, 0) is 19.1 Å². The van der Waals surface area contributed by atoms with Gasteiger partial charge >= 0.3 is 18.0 Å². The number of esters is 2. The fourth-order valence-electron chi connectivity index (χ4n) is 0.894. The maximum absolute atomic E-state index is 11.6. The van der Waals surface area contributed by atoms with E-state index in [0.29, 0.717) is 6.42 Å². The van der Waals surface area contributed by atoms with Crippen molar-refractivity contribution in [3.63, 3.8) is 0 Å².